The van der Waals surface area contributed by atoms with Crippen LogP contribution in [0, 0.1) is 5.92 Å². The third-order valence-electron chi connectivity index (χ3n) is 2.84. The molecule has 0 atom stereocenters. The van der Waals surface area contributed by atoms with Crippen LogP contribution in [0.1, 0.15) is 18.4 Å². The number of aromatic nitrogens is 1. The first-order valence-corrected chi connectivity index (χ1v) is 6.52. The highest BCUT2D eigenvalue weighted by Crippen LogP contribution is 2.14. The van der Waals surface area contributed by atoms with Gasteiger partial charge in [-0.15, -0.1) is 0 Å². The zero-order valence-electron chi connectivity index (χ0n) is 9.29. The average molecular weight is 285 g/mol. The van der Waals surface area contributed by atoms with Crippen molar-refractivity contribution in [3.05, 3.63) is 28.5 Å². The Labute approximate surface area is 105 Å². The van der Waals surface area contributed by atoms with Crippen molar-refractivity contribution in [1.29, 1.82) is 0 Å². The van der Waals surface area contributed by atoms with Crippen LogP contribution in [-0.2, 0) is 11.3 Å². The van der Waals surface area contributed by atoms with Crippen LogP contribution in [0.15, 0.2) is 22.9 Å². The Morgan fingerprint density at radius 1 is 1.38 bits per heavy atom. The second kappa shape index (κ2) is 6.33. The normalized spacial score (nSPS) is 17.6. The van der Waals surface area contributed by atoms with Crippen molar-refractivity contribution in [1.82, 2.24) is 10.3 Å². The van der Waals surface area contributed by atoms with E-state index in [0.717, 1.165) is 35.7 Å². The van der Waals surface area contributed by atoms with Gasteiger partial charge in [0, 0.05) is 23.5 Å². The van der Waals surface area contributed by atoms with Crippen LogP contribution in [-0.4, -0.2) is 24.7 Å². The number of hydrogen-bond donors (Lipinski definition) is 1. The van der Waals surface area contributed by atoms with E-state index >= 15 is 0 Å². The molecule has 3 nitrogen and oxygen atoms in total. The molecule has 2 heterocycles. The van der Waals surface area contributed by atoms with Crippen molar-refractivity contribution in [3.8, 4) is 0 Å². The molecule has 1 aliphatic heterocycles. The standard InChI is InChI=1S/C12H17BrN2O/c13-12-5-11(6-15-7-12)9-16-8-10-1-3-14-4-2-10/h5-7,10,14H,1-4,8-9H2. The van der Waals surface area contributed by atoms with E-state index < -0.39 is 0 Å². The third-order valence-corrected chi connectivity index (χ3v) is 3.28. The van der Waals surface area contributed by atoms with Crippen molar-refractivity contribution in [2.45, 2.75) is 19.4 Å². The first-order chi connectivity index (χ1) is 7.84. The lowest BCUT2D eigenvalue weighted by Gasteiger charge is -2.22. The van der Waals surface area contributed by atoms with E-state index in [4.69, 9.17) is 4.74 Å². The van der Waals surface area contributed by atoms with Gasteiger partial charge in [0.2, 0.25) is 0 Å². The minimum atomic E-state index is 0.663. The average Bonchev–Trinajstić information content (AvgIpc) is 2.30. The highest BCUT2D eigenvalue weighted by molar-refractivity contribution is 9.10. The van der Waals surface area contributed by atoms with Crippen LogP contribution in [0.3, 0.4) is 0 Å². The molecule has 0 spiro atoms. The number of hydrogen-bond acceptors (Lipinski definition) is 3. The summed E-state index contributed by atoms with van der Waals surface area (Å²) in [6, 6.07) is 2.05. The molecular formula is C12H17BrN2O. The number of rotatable bonds is 4. The highest BCUT2D eigenvalue weighted by Gasteiger charge is 2.12. The second-order valence-corrected chi connectivity index (χ2v) is 5.14. The van der Waals surface area contributed by atoms with Gasteiger partial charge in [-0.2, -0.15) is 0 Å². The Kier molecular flexibility index (Phi) is 4.75. The van der Waals surface area contributed by atoms with Crippen LogP contribution >= 0.6 is 15.9 Å². The summed E-state index contributed by atoms with van der Waals surface area (Å²) < 4.78 is 6.74. The molecular weight excluding hydrogens is 268 g/mol. The van der Waals surface area contributed by atoms with E-state index in [2.05, 4.69) is 32.3 Å². The minimum Gasteiger partial charge on any atom is -0.376 e. The molecule has 88 valence electrons. The Bertz CT molecular complexity index is 327. The Morgan fingerprint density at radius 2 is 2.19 bits per heavy atom. The van der Waals surface area contributed by atoms with E-state index in [1.807, 2.05) is 6.20 Å². The quantitative estimate of drug-likeness (QED) is 0.922. The lowest BCUT2D eigenvalue weighted by atomic mass is 9.99. The van der Waals surface area contributed by atoms with Gasteiger partial charge < -0.3 is 10.1 Å². The number of pyridine rings is 1. The van der Waals surface area contributed by atoms with Crippen LogP contribution < -0.4 is 5.32 Å². The monoisotopic (exact) mass is 284 g/mol. The lowest BCUT2D eigenvalue weighted by molar-refractivity contribution is 0.0762. The SMILES string of the molecule is Brc1cncc(COCC2CCNCC2)c1. The maximum absolute atomic E-state index is 5.73. The molecule has 0 aliphatic carbocycles. The number of halogens is 1. The summed E-state index contributed by atoms with van der Waals surface area (Å²) >= 11 is 3.40. The van der Waals surface area contributed by atoms with Crippen molar-refractivity contribution in [3.63, 3.8) is 0 Å². The summed E-state index contributed by atoms with van der Waals surface area (Å²) in [7, 11) is 0. The van der Waals surface area contributed by atoms with Gasteiger partial charge >= 0.3 is 0 Å². The molecule has 1 aliphatic rings. The fourth-order valence-electron chi connectivity index (χ4n) is 1.93. The minimum absolute atomic E-state index is 0.663. The number of ether oxygens (including phenoxy) is 1. The van der Waals surface area contributed by atoms with Gasteiger partial charge in [0.1, 0.15) is 0 Å². The summed E-state index contributed by atoms with van der Waals surface area (Å²) in [5.74, 6) is 0.723. The molecule has 0 bridgehead atoms. The molecule has 1 aromatic heterocycles. The van der Waals surface area contributed by atoms with Gasteiger partial charge in [-0.1, -0.05) is 0 Å². The van der Waals surface area contributed by atoms with Gasteiger partial charge in [-0.05, 0) is 59.4 Å². The summed E-state index contributed by atoms with van der Waals surface area (Å²) in [5.41, 5.74) is 1.13. The van der Waals surface area contributed by atoms with Gasteiger partial charge in [-0.25, -0.2) is 0 Å². The smallest absolute Gasteiger partial charge is 0.0732 e. The molecule has 0 unspecified atom stereocenters. The van der Waals surface area contributed by atoms with Gasteiger partial charge in [0.05, 0.1) is 6.61 Å². The lowest BCUT2D eigenvalue weighted by Crippen LogP contribution is -2.29. The van der Waals surface area contributed by atoms with Crippen LogP contribution in [0.25, 0.3) is 0 Å². The zero-order valence-corrected chi connectivity index (χ0v) is 10.9. The van der Waals surface area contributed by atoms with Gasteiger partial charge in [-0.3, -0.25) is 4.98 Å². The van der Waals surface area contributed by atoms with Gasteiger partial charge in [0.25, 0.3) is 0 Å². The fourth-order valence-corrected chi connectivity index (χ4v) is 2.34. The maximum atomic E-state index is 5.73. The summed E-state index contributed by atoms with van der Waals surface area (Å²) in [6.07, 6.45) is 6.11. The number of piperidine rings is 1. The molecule has 0 amide bonds. The van der Waals surface area contributed by atoms with E-state index in [1.165, 1.54) is 12.8 Å². The molecule has 0 aromatic carbocycles. The molecule has 0 radical (unpaired) electrons. The summed E-state index contributed by atoms with van der Waals surface area (Å²) in [6.45, 7) is 3.80. The Morgan fingerprint density at radius 3 is 2.94 bits per heavy atom. The van der Waals surface area contributed by atoms with E-state index in [0.29, 0.717) is 6.61 Å². The first-order valence-electron chi connectivity index (χ1n) is 5.72. The van der Waals surface area contributed by atoms with Gasteiger partial charge in [0.15, 0.2) is 0 Å². The van der Waals surface area contributed by atoms with Crippen molar-refractivity contribution < 1.29 is 4.74 Å². The van der Waals surface area contributed by atoms with E-state index in [9.17, 15) is 0 Å². The molecule has 1 fully saturated rings. The number of nitrogens with one attached hydrogen (secondary N) is 1. The van der Waals surface area contributed by atoms with Crippen LogP contribution in [0.5, 0.6) is 0 Å². The molecule has 2 rings (SSSR count). The first kappa shape index (κ1) is 12.0. The molecule has 16 heavy (non-hydrogen) atoms. The van der Waals surface area contributed by atoms with Crippen LogP contribution in [0.4, 0.5) is 0 Å². The van der Waals surface area contributed by atoms with E-state index in [1.54, 1.807) is 6.20 Å². The summed E-state index contributed by atoms with van der Waals surface area (Å²) in [5, 5.41) is 3.36. The molecule has 0 saturated carbocycles. The number of nitrogens with zero attached hydrogens (tertiary/aromatic N) is 1. The fraction of sp³-hybridized carbons (Fsp3) is 0.583. The predicted molar refractivity (Wildman–Crippen MR) is 67.2 cm³/mol. The molecule has 1 N–H and O–H groups in total. The van der Waals surface area contributed by atoms with Crippen molar-refractivity contribution in [2.75, 3.05) is 19.7 Å². The van der Waals surface area contributed by atoms with Crippen molar-refractivity contribution >= 4 is 15.9 Å². The highest BCUT2D eigenvalue weighted by atomic mass is 79.9. The predicted octanol–water partition coefficient (Wildman–Crippen LogP) is 2.36. The van der Waals surface area contributed by atoms with Crippen LogP contribution in [0.2, 0.25) is 0 Å². The largest absolute Gasteiger partial charge is 0.376 e. The Hall–Kier alpha value is -0.450. The molecule has 1 aromatic rings. The van der Waals surface area contributed by atoms with Crippen molar-refractivity contribution in [2.24, 2.45) is 5.92 Å². The third kappa shape index (κ3) is 3.85. The zero-order chi connectivity index (χ0) is 11.2. The Balaban J connectivity index is 1.71. The molecule has 4 heteroatoms. The topological polar surface area (TPSA) is 34.1 Å². The summed E-state index contributed by atoms with van der Waals surface area (Å²) in [4.78, 5) is 4.11. The maximum Gasteiger partial charge on any atom is 0.0732 e. The van der Waals surface area contributed by atoms with E-state index in [-0.39, 0.29) is 0 Å². The molecule has 1 saturated heterocycles. The second-order valence-electron chi connectivity index (χ2n) is 4.22.